The number of likely N-dealkylation sites (tertiary alicyclic amines) is 1. The molecular weight excluding hydrogens is 506 g/mol. The minimum atomic E-state index is -0.672. The molecule has 5 rings (SSSR count). The second kappa shape index (κ2) is 9.89. The predicted octanol–water partition coefficient (Wildman–Crippen LogP) is 5.17. The van der Waals surface area contributed by atoms with Crippen molar-refractivity contribution in [2.75, 3.05) is 26.3 Å². The van der Waals surface area contributed by atoms with Crippen LogP contribution in [-0.2, 0) is 9.47 Å². The number of hydrogen-bond acceptors (Lipinski definition) is 5. The van der Waals surface area contributed by atoms with Crippen LogP contribution in [0, 0.1) is 18.7 Å². The first-order valence-electron chi connectivity index (χ1n) is 13.2. The Kier molecular flexibility index (Phi) is 6.86. The summed E-state index contributed by atoms with van der Waals surface area (Å²) in [7, 11) is 0. The highest BCUT2D eigenvalue weighted by molar-refractivity contribution is 6.03. The summed E-state index contributed by atoms with van der Waals surface area (Å²) in [6, 6.07) is 5.43. The highest BCUT2D eigenvalue weighted by Crippen LogP contribution is 2.37. The average molecular weight is 541 g/mol. The highest BCUT2D eigenvalue weighted by Gasteiger charge is 2.36. The van der Waals surface area contributed by atoms with Gasteiger partial charge in [-0.25, -0.2) is 14.2 Å². The van der Waals surface area contributed by atoms with Crippen LogP contribution in [0.5, 0.6) is 0 Å². The number of ether oxygens (including phenoxy) is 2. The van der Waals surface area contributed by atoms with Crippen molar-refractivity contribution < 1.29 is 27.8 Å². The number of nitrogens with zero attached hydrogens (tertiary/aromatic N) is 4. The highest BCUT2D eigenvalue weighted by atomic mass is 19.1. The number of imidazole rings is 1. The monoisotopic (exact) mass is 540 g/mol. The third kappa shape index (κ3) is 5.09. The number of amides is 2. The lowest BCUT2D eigenvalue weighted by molar-refractivity contribution is -0.0249. The minimum Gasteiger partial charge on any atom is -0.444 e. The number of aryl methyl sites for hydroxylation is 1. The SMILES string of the molecule is Cc1nc(F)c2c(-c3ccc(F)cc3C(=O)N3[C@H](C)COC[C@H]3C)cc(C3CN(C(=O)OC(C)(C)C)C3)cn12. The van der Waals surface area contributed by atoms with E-state index < -0.39 is 17.4 Å². The lowest BCUT2D eigenvalue weighted by atomic mass is 9.89. The van der Waals surface area contributed by atoms with Crippen molar-refractivity contribution in [3.8, 4) is 11.1 Å². The number of aromatic nitrogens is 2. The molecule has 0 N–H and O–H groups in total. The van der Waals surface area contributed by atoms with E-state index in [2.05, 4.69) is 4.98 Å². The Labute approximate surface area is 226 Å². The first kappa shape index (κ1) is 27.1. The van der Waals surface area contributed by atoms with Crippen molar-refractivity contribution >= 4 is 17.5 Å². The molecule has 2 saturated heterocycles. The minimum absolute atomic E-state index is 0.0237. The smallest absolute Gasteiger partial charge is 0.410 e. The molecule has 3 aromatic rings. The van der Waals surface area contributed by atoms with Crippen LogP contribution in [0.3, 0.4) is 0 Å². The number of morpholine rings is 1. The van der Waals surface area contributed by atoms with Gasteiger partial charge in [-0.15, -0.1) is 0 Å². The van der Waals surface area contributed by atoms with E-state index in [1.165, 1.54) is 18.2 Å². The molecule has 2 fully saturated rings. The van der Waals surface area contributed by atoms with Gasteiger partial charge in [0.1, 0.15) is 22.8 Å². The summed E-state index contributed by atoms with van der Waals surface area (Å²) in [5.74, 6) is -1.15. The zero-order chi connectivity index (χ0) is 28.2. The van der Waals surface area contributed by atoms with Gasteiger partial charge in [-0.05, 0) is 70.9 Å². The van der Waals surface area contributed by atoms with Gasteiger partial charge >= 0.3 is 6.09 Å². The van der Waals surface area contributed by atoms with Gasteiger partial charge in [-0.3, -0.25) is 4.79 Å². The van der Waals surface area contributed by atoms with Crippen LogP contribution in [-0.4, -0.2) is 75.2 Å². The fourth-order valence-corrected chi connectivity index (χ4v) is 5.40. The standard InChI is InChI=1S/C29H34F2N4O4/c1-16-14-38-15-17(2)35(16)27(36)24-10-21(30)7-8-22(24)23-9-19(13-34-18(3)32-26(31)25(23)34)20-11-33(12-20)28(37)39-29(4,5)6/h7-10,13,16-17,20H,11-12,14-15H2,1-6H3/t16-,17-/m1/s1. The van der Waals surface area contributed by atoms with Crippen molar-refractivity contribution in [2.24, 2.45) is 0 Å². The second-order valence-corrected chi connectivity index (χ2v) is 11.6. The molecule has 1 aromatic carbocycles. The summed E-state index contributed by atoms with van der Waals surface area (Å²) in [6.45, 7) is 12.6. The number of benzene rings is 1. The molecule has 0 spiro atoms. The summed E-state index contributed by atoms with van der Waals surface area (Å²) in [5, 5.41) is 0. The molecule has 2 aliphatic rings. The normalized spacial score (nSPS) is 20.3. The first-order valence-corrected chi connectivity index (χ1v) is 13.2. The van der Waals surface area contributed by atoms with E-state index in [0.29, 0.717) is 43.3 Å². The van der Waals surface area contributed by atoms with Gasteiger partial charge in [0, 0.05) is 30.8 Å². The van der Waals surface area contributed by atoms with Gasteiger partial charge in [-0.1, -0.05) is 6.07 Å². The number of rotatable bonds is 3. The number of pyridine rings is 1. The van der Waals surface area contributed by atoms with Crippen molar-refractivity contribution in [3.63, 3.8) is 0 Å². The van der Waals surface area contributed by atoms with E-state index in [1.807, 2.05) is 46.9 Å². The van der Waals surface area contributed by atoms with Gasteiger partial charge in [0.05, 0.1) is 30.9 Å². The molecule has 10 heteroatoms. The van der Waals surface area contributed by atoms with E-state index in [9.17, 15) is 14.0 Å². The molecule has 8 nitrogen and oxygen atoms in total. The van der Waals surface area contributed by atoms with Gasteiger partial charge < -0.3 is 23.7 Å². The predicted molar refractivity (Wildman–Crippen MR) is 142 cm³/mol. The summed E-state index contributed by atoms with van der Waals surface area (Å²) in [4.78, 5) is 33.7. The fourth-order valence-electron chi connectivity index (χ4n) is 5.40. The summed E-state index contributed by atoms with van der Waals surface area (Å²) in [5.41, 5.74) is 1.48. The Morgan fingerprint density at radius 3 is 2.36 bits per heavy atom. The first-order chi connectivity index (χ1) is 18.3. The van der Waals surface area contributed by atoms with E-state index >= 15 is 4.39 Å². The molecule has 2 aromatic heterocycles. The number of carbonyl (C=O) groups excluding carboxylic acids is 2. The lowest BCUT2D eigenvalue weighted by Crippen LogP contribution is -2.52. The maximum Gasteiger partial charge on any atom is 0.410 e. The van der Waals surface area contributed by atoms with Crippen LogP contribution in [0.2, 0.25) is 0 Å². The molecule has 2 atom stereocenters. The van der Waals surface area contributed by atoms with Crippen molar-refractivity contribution in [3.05, 3.63) is 59.2 Å². The van der Waals surface area contributed by atoms with Crippen molar-refractivity contribution in [2.45, 2.75) is 65.1 Å². The number of halogens is 2. The van der Waals surface area contributed by atoms with Crippen LogP contribution in [0.4, 0.5) is 13.6 Å². The van der Waals surface area contributed by atoms with E-state index in [1.54, 1.807) is 21.1 Å². The van der Waals surface area contributed by atoms with Crippen LogP contribution in [0.1, 0.15) is 62.3 Å². The number of fused-ring (bicyclic) bond motifs is 1. The molecule has 0 bridgehead atoms. The molecule has 4 heterocycles. The molecule has 2 aliphatic heterocycles. The third-order valence-electron chi connectivity index (χ3n) is 7.30. The van der Waals surface area contributed by atoms with E-state index in [-0.39, 0.29) is 41.1 Å². The summed E-state index contributed by atoms with van der Waals surface area (Å²) < 4.78 is 42.5. The van der Waals surface area contributed by atoms with E-state index in [4.69, 9.17) is 9.47 Å². The number of hydrogen-bond donors (Lipinski definition) is 0. The molecule has 0 aliphatic carbocycles. The maximum atomic E-state index is 15.2. The van der Waals surface area contributed by atoms with Gasteiger partial charge in [0.15, 0.2) is 0 Å². The van der Waals surface area contributed by atoms with Crippen molar-refractivity contribution in [1.82, 2.24) is 19.2 Å². The quantitative estimate of drug-likeness (QED) is 0.458. The Hall–Kier alpha value is -3.53. The van der Waals surface area contributed by atoms with Crippen LogP contribution >= 0.6 is 0 Å². The Bertz CT molecular complexity index is 1430. The molecule has 208 valence electrons. The number of carbonyl (C=O) groups is 2. The largest absolute Gasteiger partial charge is 0.444 e. The average Bonchev–Trinajstić information content (AvgIpc) is 3.09. The van der Waals surface area contributed by atoms with Crippen LogP contribution in [0.25, 0.3) is 16.6 Å². The molecule has 0 radical (unpaired) electrons. The van der Waals surface area contributed by atoms with Gasteiger partial charge in [0.2, 0.25) is 5.95 Å². The van der Waals surface area contributed by atoms with Gasteiger partial charge in [0.25, 0.3) is 5.91 Å². The second-order valence-electron chi connectivity index (χ2n) is 11.6. The topological polar surface area (TPSA) is 76.4 Å². The van der Waals surface area contributed by atoms with Crippen molar-refractivity contribution in [1.29, 1.82) is 0 Å². The van der Waals surface area contributed by atoms with Gasteiger partial charge in [-0.2, -0.15) is 4.39 Å². The van der Waals surface area contributed by atoms with Crippen LogP contribution in [0.15, 0.2) is 30.5 Å². The molecule has 0 unspecified atom stereocenters. The van der Waals surface area contributed by atoms with E-state index in [0.717, 1.165) is 5.56 Å². The third-order valence-corrected chi connectivity index (χ3v) is 7.30. The maximum absolute atomic E-state index is 15.2. The molecule has 2 amide bonds. The zero-order valence-electron chi connectivity index (χ0n) is 23.1. The Morgan fingerprint density at radius 1 is 1.05 bits per heavy atom. The molecule has 0 saturated carbocycles. The Balaban J connectivity index is 1.57. The summed E-state index contributed by atoms with van der Waals surface area (Å²) in [6.07, 6.45) is 1.43. The van der Waals surface area contributed by atoms with Crippen LogP contribution < -0.4 is 0 Å². The Morgan fingerprint density at radius 2 is 1.72 bits per heavy atom. The molecular formula is C29H34F2N4O4. The fraction of sp³-hybridized carbons (Fsp3) is 0.483. The lowest BCUT2D eigenvalue weighted by Gasteiger charge is -2.40. The molecule has 39 heavy (non-hydrogen) atoms. The zero-order valence-corrected chi connectivity index (χ0v) is 23.1. The summed E-state index contributed by atoms with van der Waals surface area (Å²) >= 11 is 0.